The second-order valence-corrected chi connectivity index (χ2v) is 4.05. The Hall–Kier alpha value is -1.82. The minimum atomic E-state index is -0.632. The predicted octanol–water partition coefficient (Wildman–Crippen LogP) is 0.498. The van der Waals surface area contributed by atoms with Crippen molar-refractivity contribution in [3.05, 3.63) is 35.2 Å². The molecule has 6 heteroatoms. The van der Waals surface area contributed by atoms with Crippen LogP contribution in [0.4, 0.5) is 0 Å². The zero-order chi connectivity index (χ0) is 12.4. The molecule has 0 fully saturated rings. The van der Waals surface area contributed by atoms with Gasteiger partial charge in [-0.1, -0.05) is 0 Å². The number of aryl methyl sites for hydroxylation is 3. The molecule has 90 valence electrons. The molecule has 0 amide bonds. The Kier molecular flexibility index (Phi) is 3.14. The summed E-state index contributed by atoms with van der Waals surface area (Å²) in [6, 6.07) is 1.85. The van der Waals surface area contributed by atoms with Gasteiger partial charge in [0.1, 0.15) is 12.2 Å². The second kappa shape index (κ2) is 4.58. The van der Waals surface area contributed by atoms with Crippen LogP contribution < -0.4 is 0 Å². The molecular formula is C11H15N5O. The van der Waals surface area contributed by atoms with Crippen molar-refractivity contribution in [1.82, 2.24) is 25.0 Å². The van der Waals surface area contributed by atoms with Gasteiger partial charge in [0, 0.05) is 19.0 Å². The van der Waals surface area contributed by atoms with Crippen LogP contribution >= 0.6 is 0 Å². The van der Waals surface area contributed by atoms with E-state index in [0.717, 1.165) is 22.8 Å². The third kappa shape index (κ3) is 2.47. The third-order valence-corrected chi connectivity index (χ3v) is 2.68. The largest absolute Gasteiger partial charge is 0.388 e. The number of hydrogen-bond acceptors (Lipinski definition) is 5. The normalized spacial score (nSPS) is 12.7. The third-order valence-electron chi connectivity index (χ3n) is 2.68. The van der Waals surface area contributed by atoms with E-state index < -0.39 is 6.10 Å². The van der Waals surface area contributed by atoms with E-state index in [2.05, 4.69) is 20.3 Å². The van der Waals surface area contributed by atoms with Gasteiger partial charge < -0.3 is 5.11 Å². The molecule has 0 radical (unpaired) electrons. The summed E-state index contributed by atoms with van der Waals surface area (Å²) in [5.74, 6) is 0.742. The summed E-state index contributed by atoms with van der Waals surface area (Å²) in [7, 11) is 1.80. The fraction of sp³-hybridized carbons (Fsp3) is 0.455. The summed E-state index contributed by atoms with van der Waals surface area (Å²) < 4.78 is 1.65. The molecule has 6 nitrogen and oxygen atoms in total. The van der Waals surface area contributed by atoms with Gasteiger partial charge in [-0.15, -0.1) is 0 Å². The van der Waals surface area contributed by atoms with Crippen LogP contribution in [0.3, 0.4) is 0 Å². The van der Waals surface area contributed by atoms with Gasteiger partial charge >= 0.3 is 0 Å². The highest BCUT2D eigenvalue weighted by Gasteiger charge is 2.15. The molecule has 1 N–H and O–H groups in total. The van der Waals surface area contributed by atoms with Crippen LogP contribution in [0.5, 0.6) is 0 Å². The molecule has 0 aliphatic heterocycles. The van der Waals surface area contributed by atoms with E-state index >= 15 is 0 Å². The van der Waals surface area contributed by atoms with Gasteiger partial charge in [0.2, 0.25) is 0 Å². The van der Waals surface area contributed by atoms with E-state index in [9.17, 15) is 5.11 Å². The van der Waals surface area contributed by atoms with Crippen molar-refractivity contribution in [1.29, 1.82) is 0 Å². The Morgan fingerprint density at radius 3 is 2.76 bits per heavy atom. The Bertz CT molecular complexity index is 522. The van der Waals surface area contributed by atoms with Crippen LogP contribution in [0.15, 0.2) is 12.4 Å². The highest BCUT2D eigenvalue weighted by molar-refractivity contribution is 5.23. The maximum absolute atomic E-state index is 10.2. The van der Waals surface area contributed by atoms with E-state index in [-0.39, 0.29) is 0 Å². The van der Waals surface area contributed by atoms with Gasteiger partial charge in [-0.25, -0.2) is 4.98 Å². The highest BCUT2D eigenvalue weighted by atomic mass is 16.3. The zero-order valence-electron chi connectivity index (χ0n) is 10.1. The predicted molar refractivity (Wildman–Crippen MR) is 61.2 cm³/mol. The molecule has 0 spiro atoms. The molecule has 2 rings (SSSR count). The minimum absolute atomic E-state index is 0.419. The SMILES string of the molecule is Cc1cc(C(O)Cc2ncnn2C)c(C)nn1. The first kappa shape index (κ1) is 11.7. The van der Waals surface area contributed by atoms with E-state index in [1.165, 1.54) is 6.33 Å². The molecule has 0 aliphatic carbocycles. The molecule has 0 saturated carbocycles. The molecule has 0 saturated heterocycles. The number of aliphatic hydroxyl groups excluding tert-OH is 1. The van der Waals surface area contributed by atoms with Gasteiger partial charge in [0.25, 0.3) is 0 Å². The topological polar surface area (TPSA) is 76.7 Å². The van der Waals surface area contributed by atoms with E-state index in [1.54, 1.807) is 11.7 Å². The van der Waals surface area contributed by atoms with Gasteiger partial charge in [-0.3, -0.25) is 4.68 Å². The van der Waals surface area contributed by atoms with Crippen LogP contribution in [-0.4, -0.2) is 30.1 Å². The maximum Gasteiger partial charge on any atom is 0.138 e. The first-order valence-corrected chi connectivity index (χ1v) is 5.39. The van der Waals surface area contributed by atoms with Crippen molar-refractivity contribution in [3.8, 4) is 0 Å². The lowest BCUT2D eigenvalue weighted by Gasteiger charge is -2.12. The zero-order valence-corrected chi connectivity index (χ0v) is 10.1. The van der Waals surface area contributed by atoms with Gasteiger partial charge in [-0.2, -0.15) is 15.3 Å². The average Bonchev–Trinajstić information content (AvgIpc) is 2.68. The molecule has 2 aromatic heterocycles. The van der Waals surface area contributed by atoms with Crippen molar-refractivity contribution in [2.24, 2.45) is 7.05 Å². The van der Waals surface area contributed by atoms with Crippen LogP contribution in [0.1, 0.15) is 28.9 Å². The van der Waals surface area contributed by atoms with Gasteiger partial charge in [-0.05, 0) is 19.9 Å². The molecular weight excluding hydrogens is 218 g/mol. The number of nitrogens with zero attached hydrogens (tertiary/aromatic N) is 5. The highest BCUT2D eigenvalue weighted by Crippen LogP contribution is 2.19. The summed E-state index contributed by atoms with van der Waals surface area (Å²) in [4.78, 5) is 4.09. The number of aliphatic hydroxyl groups is 1. The molecule has 0 aliphatic rings. The monoisotopic (exact) mass is 233 g/mol. The fourth-order valence-electron chi connectivity index (χ4n) is 1.70. The lowest BCUT2D eigenvalue weighted by atomic mass is 10.0. The smallest absolute Gasteiger partial charge is 0.138 e. The standard InChI is InChI=1S/C11H15N5O/c1-7-4-9(8(2)15-14-7)10(17)5-11-12-6-13-16(11)3/h4,6,10,17H,5H2,1-3H3. The van der Waals surface area contributed by atoms with E-state index in [0.29, 0.717) is 6.42 Å². The second-order valence-electron chi connectivity index (χ2n) is 4.05. The van der Waals surface area contributed by atoms with Crippen molar-refractivity contribution >= 4 is 0 Å². The Labute approximate surface area is 99.3 Å². The number of hydrogen-bond donors (Lipinski definition) is 1. The first-order valence-electron chi connectivity index (χ1n) is 5.39. The summed E-state index contributed by atoms with van der Waals surface area (Å²) >= 11 is 0. The van der Waals surface area contributed by atoms with Gasteiger partial charge in [0.05, 0.1) is 17.5 Å². The quantitative estimate of drug-likeness (QED) is 0.835. The Morgan fingerprint density at radius 1 is 1.35 bits per heavy atom. The van der Waals surface area contributed by atoms with Crippen LogP contribution in [0, 0.1) is 13.8 Å². The van der Waals surface area contributed by atoms with Crippen LogP contribution in [0.25, 0.3) is 0 Å². The Morgan fingerprint density at radius 2 is 2.12 bits per heavy atom. The molecule has 2 heterocycles. The molecule has 17 heavy (non-hydrogen) atoms. The van der Waals surface area contributed by atoms with Gasteiger partial charge in [0.15, 0.2) is 0 Å². The molecule has 2 aromatic rings. The van der Waals surface area contributed by atoms with Crippen LogP contribution in [0.2, 0.25) is 0 Å². The van der Waals surface area contributed by atoms with Crippen molar-refractivity contribution in [3.63, 3.8) is 0 Å². The van der Waals surface area contributed by atoms with Crippen molar-refractivity contribution in [2.75, 3.05) is 0 Å². The maximum atomic E-state index is 10.2. The van der Waals surface area contributed by atoms with E-state index in [1.807, 2.05) is 19.9 Å². The molecule has 0 bridgehead atoms. The average molecular weight is 233 g/mol. The molecule has 0 aromatic carbocycles. The lowest BCUT2D eigenvalue weighted by Crippen LogP contribution is -2.10. The van der Waals surface area contributed by atoms with Crippen molar-refractivity contribution < 1.29 is 5.11 Å². The summed E-state index contributed by atoms with van der Waals surface area (Å²) in [5.41, 5.74) is 2.33. The number of aromatic nitrogens is 5. The first-order chi connectivity index (χ1) is 8.08. The summed E-state index contributed by atoms with van der Waals surface area (Å²) in [5, 5.41) is 22.1. The Balaban J connectivity index is 2.23. The molecule has 1 unspecified atom stereocenters. The van der Waals surface area contributed by atoms with Crippen molar-refractivity contribution in [2.45, 2.75) is 26.4 Å². The fourth-order valence-corrected chi connectivity index (χ4v) is 1.70. The molecule has 1 atom stereocenters. The van der Waals surface area contributed by atoms with E-state index in [4.69, 9.17) is 0 Å². The van der Waals surface area contributed by atoms with Crippen LogP contribution in [-0.2, 0) is 13.5 Å². The summed E-state index contributed by atoms with van der Waals surface area (Å²) in [6.07, 6.45) is 1.26. The summed E-state index contributed by atoms with van der Waals surface area (Å²) in [6.45, 7) is 3.69. The minimum Gasteiger partial charge on any atom is -0.388 e. The lowest BCUT2D eigenvalue weighted by molar-refractivity contribution is 0.173. The number of rotatable bonds is 3.